The number of hydrogen-bond acceptors (Lipinski definition) is 0. The summed E-state index contributed by atoms with van der Waals surface area (Å²) in [6.45, 7) is 28.5. The minimum absolute atomic E-state index is 0.193. The van der Waals surface area contributed by atoms with Crippen molar-refractivity contribution in [1.82, 2.24) is 0 Å². The van der Waals surface area contributed by atoms with Crippen molar-refractivity contribution >= 4 is 41.2 Å². The van der Waals surface area contributed by atoms with Crippen molar-refractivity contribution in [2.24, 2.45) is 0 Å². The molecule has 5 rings (SSSR count). The number of hydrogen-bond donors (Lipinski definition) is 0. The SMILES string of the molecule is CC(C)(C)c1cc([PH+](C(C)(C)C)C(C)(C)C)cc(C(C)(C)C)c1.c1ccc([B-](c2ccccc2)(c2ccccc2)c2ccccc2)cc1. The Morgan fingerprint density at radius 3 is 0.812 bits per heavy atom. The Bertz CT molecular complexity index is 1500. The van der Waals surface area contributed by atoms with Crippen molar-refractivity contribution in [1.29, 1.82) is 0 Å². The molecule has 0 aliphatic rings. The van der Waals surface area contributed by atoms with Gasteiger partial charge in [0.05, 0.1) is 15.6 Å². The van der Waals surface area contributed by atoms with Crippen LogP contribution in [0.1, 0.15) is 94.2 Å². The lowest BCUT2D eigenvalue weighted by atomic mass is 9.13. The van der Waals surface area contributed by atoms with E-state index < -0.39 is 14.1 Å². The minimum atomic E-state index is -1.22. The molecule has 0 saturated carbocycles. The van der Waals surface area contributed by atoms with Crippen LogP contribution in [0.25, 0.3) is 0 Å². The maximum Gasteiger partial charge on any atom is 0.108 e. The van der Waals surface area contributed by atoms with Gasteiger partial charge in [-0.25, -0.2) is 0 Å². The Kier molecular flexibility index (Phi) is 11.4. The van der Waals surface area contributed by atoms with E-state index >= 15 is 0 Å². The highest BCUT2D eigenvalue weighted by Gasteiger charge is 2.44. The lowest BCUT2D eigenvalue weighted by Crippen LogP contribution is -2.74. The summed E-state index contributed by atoms with van der Waals surface area (Å²) in [5.74, 6) is 0. The number of rotatable bonds is 5. The van der Waals surface area contributed by atoms with Crippen LogP contribution in [-0.4, -0.2) is 16.5 Å². The predicted molar refractivity (Wildman–Crippen MR) is 221 cm³/mol. The second-order valence-corrected chi connectivity index (χ2v) is 22.0. The van der Waals surface area contributed by atoms with Gasteiger partial charge in [-0.05, 0) is 75.6 Å². The third-order valence-corrected chi connectivity index (χ3v) is 13.5. The van der Waals surface area contributed by atoms with Crippen molar-refractivity contribution in [3.8, 4) is 0 Å². The Morgan fingerprint density at radius 1 is 0.354 bits per heavy atom. The van der Waals surface area contributed by atoms with Crippen molar-refractivity contribution < 1.29 is 0 Å². The van der Waals surface area contributed by atoms with E-state index in [1.54, 1.807) is 5.30 Å². The maximum absolute atomic E-state index is 2.51. The topological polar surface area (TPSA) is 0 Å². The molecule has 0 nitrogen and oxygen atoms in total. The summed E-state index contributed by atoms with van der Waals surface area (Å²) in [5, 5.41) is 2.29. The average molecular weight is 655 g/mol. The lowest BCUT2D eigenvalue weighted by molar-refractivity contribution is 0.569. The largest absolute Gasteiger partial charge is 0.195 e. The smallest absolute Gasteiger partial charge is 0.108 e. The molecular weight excluding hydrogens is 594 g/mol. The monoisotopic (exact) mass is 654 g/mol. The van der Waals surface area contributed by atoms with Gasteiger partial charge in [0.15, 0.2) is 0 Å². The molecule has 0 heterocycles. The number of benzene rings is 5. The first-order valence-electron chi connectivity index (χ1n) is 17.8. The summed E-state index contributed by atoms with van der Waals surface area (Å²) in [6, 6.07) is 51.0. The third-order valence-electron chi connectivity index (χ3n) is 9.65. The highest BCUT2D eigenvalue weighted by molar-refractivity contribution is 7.68. The Morgan fingerprint density at radius 2 is 0.604 bits per heavy atom. The van der Waals surface area contributed by atoms with Crippen LogP contribution in [0.3, 0.4) is 0 Å². The van der Waals surface area contributed by atoms with Crippen LogP contribution in [0.2, 0.25) is 0 Å². The zero-order valence-electron chi connectivity index (χ0n) is 31.9. The zero-order chi connectivity index (χ0) is 35.4. The molecule has 0 atom stereocenters. The minimum Gasteiger partial charge on any atom is -0.195 e. The van der Waals surface area contributed by atoms with Gasteiger partial charge in [0.25, 0.3) is 0 Å². The van der Waals surface area contributed by atoms with E-state index in [1.807, 2.05) is 0 Å². The summed E-state index contributed by atoms with van der Waals surface area (Å²) < 4.78 is 0. The van der Waals surface area contributed by atoms with Crippen LogP contribution in [-0.2, 0) is 10.8 Å². The van der Waals surface area contributed by atoms with Gasteiger partial charge in [-0.2, -0.15) is 21.9 Å². The third kappa shape index (κ3) is 8.60. The molecule has 0 aliphatic carbocycles. The van der Waals surface area contributed by atoms with Crippen molar-refractivity contribution in [3.05, 3.63) is 151 Å². The van der Waals surface area contributed by atoms with E-state index in [0.29, 0.717) is 10.3 Å². The molecule has 0 unspecified atom stereocenters. The van der Waals surface area contributed by atoms with E-state index in [4.69, 9.17) is 0 Å². The fraction of sp³-hybridized carbons (Fsp3) is 0.348. The first-order chi connectivity index (χ1) is 22.4. The second-order valence-electron chi connectivity index (χ2n) is 17.7. The van der Waals surface area contributed by atoms with E-state index in [0.717, 1.165) is 0 Å². The maximum atomic E-state index is 2.51. The second kappa shape index (κ2) is 14.6. The summed E-state index contributed by atoms with van der Waals surface area (Å²) >= 11 is 0. The van der Waals surface area contributed by atoms with Crippen LogP contribution in [0, 0.1) is 0 Å². The van der Waals surface area contributed by atoms with Crippen LogP contribution in [0.4, 0.5) is 0 Å². The first kappa shape index (κ1) is 37.4. The predicted octanol–water partition coefficient (Wildman–Crippen LogP) is 9.78. The van der Waals surface area contributed by atoms with E-state index in [1.165, 1.54) is 33.0 Å². The van der Waals surface area contributed by atoms with E-state index in [-0.39, 0.29) is 10.8 Å². The molecule has 0 N–H and O–H groups in total. The van der Waals surface area contributed by atoms with E-state index in [2.05, 4.69) is 223 Å². The summed E-state index contributed by atoms with van der Waals surface area (Å²) in [7, 11) is -0.717. The van der Waals surface area contributed by atoms with E-state index in [9.17, 15) is 0 Å². The molecule has 0 amide bonds. The van der Waals surface area contributed by atoms with Crippen molar-refractivity contribution in [3.63, 3.8) is 0 Å². The molecule has 0 radical (unpaired) electrons. The average Bonchev–Trinajstić information content (AvgIpc) is 3.02. The van der Waals surface area contributed by atoms with Crippen LogP contribution in [0.15, 0.2) is 140 Å². The highest BCUT2D eigenvalue weighted by atomic mass is 31.1. The highest BCUT2D eigenvalue weighted by Crippen LogP contribution is 2.58. The zero-order valence-corrected chi connectivity index (χ0v) is 32.9. The Balaban J connectivity index is 0.000000218. The molecule has 48 heavy (non-hydrogen) atoms. The van der Waals surface area contributed by atoms with Gasteiger partial charge in [-0.1, -0.05) is 169 Å². The quantitative estimate of drug-likeness (QED) is 0.131. The molecule has 0 bridgehead atoms. The fourth-order valence-corrected chi connectivity index (χ4v) is 12.3. The van der Waals surface area contributed by atoms with Crippen molar-refractivity contribution in [2.75, 3.05) is 0 Å². The molecule has 0 fully saturated rings. The van der Waals surface area contributed by atoms with Gasteiger partial charge in [0.2, 0.25) is 0 Å². The lowest BCUT2D eigenvalue weighted by Gasteiger charge is -2.44. The molecule has 5 aromatic carbocycles. The van der Waals surface area contributed by atoms with Crippen LogP contribution in [0.5, 0.6) is 0 Å². The summed E-state index contributed by atoms with van der Waals surface area (Å²) in [4.78, 5) is 0. The standard InChI is InChI=1S/C24H20B.C22H39P/c1-5-13-21(14-6-1)25(22-15-7-2-8-16-22,23-17-9-3-10-18-23)24-19-11-4-12-20-24;1-19(2,3)16-13-17(20(4,5)6)15-18(14-16)23(21(7,8)9)22(10,11)12/h1-20H;13-15H,1-12H3/q-1;/p+1. The van der Waals surface area contributed by atoms with Crippen LogP contribution < -0.4 is 27.2 Å². The van der Waals surface area contributed by atoms with Gasteiger partial charge in [0, 0.05) is 7.92 Å². The molecule has 5 aromatic rings. The van der Waals surface area contributed by atoms with Gasteiger partial charge < -0.3 is 0 Å². The Labute approximate surface area is 295 Å². The molecule has 252 valence electrons. The Hall–Kier alpha value is -3.41. The molecular formula is C46H60BP. The normalized spacial score (nSPS) is 12.8. The molecule has 0 aliphatic heterocycles. The van der Waals surface area contributed by atoms with Gasteiger partial charge >= 0.3 is 0 Å². The van der Waals surface area contributed by atoms with Gasteiger partial charge in [-0.3, -0.25) is 0 Å². The summed E-state index contributed by atoms with van der Waals surface area (Å²) in [5.41, 5.74) is 8.71. The molecule has 2 heteroatoms. The fourth-order valence-electron chi connectivity index (χ4n) is 7.75. The van der Waals surface area contributed by atoms with Crippen LogP contribution >= 0.6 is 7.92 Å². The molecule has 0 spiro atoms. The molecule has 0 saturated heterocycles. The van der Waals surface area contributed by atoms with Crippen molar-refractivity contribution in [2.45, 2.75) is 104 Å². The summed E-state index contributed by atoms with van der Waals surface area (Å²) in [6.07, 6.45) is -1.22. The first-order valence-corrected chi connectivity index (χ1v) is 19.3. The molecule has 0 aromatic heterocycles. The van der Waals surface area contributed by atoms with Gasteiger partial charge in [-0.15, -0.1) is 0 Å². The van der Waals surface area contributed by atoms with Gasteiger partial charge in [0.1, 0.15) is 6.15 Å².